The van der Waals surface area contributed by atoms with E-state index in [0.29, 0.717) is 0 Å². The molecular weight excluding hydrogens is 284 g/mol. The molecule has 0 saturated carbocycles. The molecule has 1 aromatic heterocycles. The second-order valence-corrected chi connectivity index (χ2v) is 5.76. The fraction of sp³-hybridized carbons (Fsp3) is 0.438. The Morgan fingerprint density at radius 3 is 2.67 bits per heavy atom. The maximum Gasteiger partial charge on any atom is 0.150 e. The van der Waals surface area contributed by atoms with Crippen molar-refractivity contribution in [3.05, 3.63) is 40.5 Å². The van der Waals surface area contributed by atoms with Gasteiger partial charge in [0.25, 0.3) is 0 Å². The van der Waals surface area contributed by atoms with Crippen molar-refractivity contribution in [3.8, 4) is 0 Å². The van der Waals surface area contributed by atoms with Crippen LogP contribution in [0.3, 0.4) is 0 Å². The van der Waals surface area contributed by atoms with Crippen LogP contribution in [0, 0.1) is 6.92 Å². The SMILES string of the molecule is CCCn1nc(C)c(N)c1N(C)C(C)c1ccccc1Cl. The molecule has 0 saturated heterocycles. The zero-order valence-electron chi connectivity index (χ0n) is 13.1. The molecular formula is C16H23ClN4. The molecule has 2 aromatic rings. The molecule has 1 unspecified atom stereocenters. The molecule has 1 atom stereocenters. The average molecular weight is 307 g/mol. The number of hydrogen-bond donors (Lipinski definition) is 1. The van der Waals surface area contributed by atoms with Gasteiger partial charge >= 0.3 is 0 Å². The minimum Gasteiger partial charge on any atom is -0.394 e. The van der Waals surface area contributed by atoms with Crippen molar-refractivity contribution in [1.82, 2.24) is 9.78 Å². The summed E-state index contributed by atoms with van der Waals surface area (Å²) in [6.07, 6.45) is 1.02. The first-order valence-electron chi connectivity index (χ1n) is 7.27. The van der Waals surface area contributed by atoms with Crippen LogP contribution < -0.4 is 10.6 Å². The number of benzene rings is 1. The highest BCUT2D eigenvalue weighted by Crippen LogP contribution is 2.34. The summed E-state index contributed by atoms with van der Waals surface area (Å²) >= 11 is 6.32. The Balaban J connectivity index is 2.40. The lowest BCUT2D eigenvalue weighted by Crippen LogP contribution is -2.25. The van der Waals surface area contributed by atoms with Gasteiger partial charge in [0, 0.05) is 18.6 Å². The zero-order valence-corrected chi connectivity index (χ0v) is 13.9. The third kappa shape index (κ3) is 3.00. The van der Waals surface area contributed by atoms with Crippen LogP contribution in [0.25, 0.3) is 0 Å². The number of rotatable bonds is 5. The number of aryl methyl sites for hydroxylation is 2. The minimum absolute atomic E-state index is 0.118. The van der Waals surface area contributed by atoms with E-state index in [4.69, 9.17) is 17.3 Å². The molecule has 1 aromatic carbocycles. The lowest BCUT2D eigenvalue weighted by atomic mass is 10.1. The van der Waals surface area contributed by atoms with Crippen molar-refractivity contribution < 1.29 is 0 Å². The molecule has 2 rings (SSSR count). The maximum absolute atomic E-state index is 6.32. The summed E-state index contributed by atoms with van der Waals surface area (Å²) in [6, 6.07) is 8.03. The van der Waals surface area contributed by atoms with Gasteiger partial charge in [0.05, 0.1) is 17.4 Å². The average Bonchev–Trinajstić information content (AvgIpc) is 2.73. The van der Waals surface area contributed by atoms with Crippen LogP contribution in [0.15, 0.2) is 24.3 Å². The van der Waals surface area contributed by atoms with Crippen LogP contribution in [0.2, 0.25) is 5.02 Å². The van der Waals surface area contributed by atoms with Crippen molar-refractivity contribution >= 4 is 23.1 Å². The van der Waals surface area contributed by atoms with Crippen LogP contribution in [0.5, 0.6) is 0 Å². The monoisotopic (exact) mass is 306 g/mol. The molecule has 4 nitrogen and oxygen atoms in total. The molecule has 21 heavy (non-hydrogen) atoms. The minimum atomic E-state index is 0.118. The van der Waals surface area contributed by atoms with Crippen LogP contribution in [-0.4, -0.2) is 16.8 Å². The first-order valence-corrected chi connectivity index (χ1v) is 7.65. The van der Waals surface area contributed by atoms with Gasteiger partial charge in [-0.3, -0.25) is 0 Å². The van der Waals surface area contributed by atoms with E-state index in [0.717, 1.165) is 40.8 Å². The fourth-order valence-electron chi connectivity index (χ4n) is 2.53. The Labute approximate surface area is 131 Å². The van der Waals surface area contributed by atoms with Crippen LogP contribution in [-0.2, 0) is 6.54 Å². The van der Waals surface area contributed by atoms with Gasteiger partial charge in [0.1, 0.15) is 0 Å². The van der Waals surface area contributed by atoms with Gasteiger partial charge < -0.3 is 10.6 Å². The van der Waals surface area contributed by atoms with E-state index in [1.807, 2.05) is 42.9 Å². The summed E-state index contributed by atoms with van der Waals surface area (Å²) in [4.78, 5) is 2.15. The van der Waals surface area contributed by atoms with Crippen molar-refractivity contribution in [2.75, 3.05) is 17.7 Å². The molecule has 0 amide bonds. The summed E-state index contributed by atoms with van der Waals surface area (Å²) < 4.78 is 1.98. The topological polar surface area (TPSA) is 47.1 Å². The van der Waals surface area contributed by atoms with Crippen LogP contribution in [0.4, 0.5) is 11.5 Å². The Morgan fingerprint density at radius 1 is 1.38 bits per heavy atom. The standard InChI is InChI=1S/C16H23ClN4/c1-5-10-21-16(15(18)11(2)19-21)20(4)12(3)13-8-6-7-9-14(13)17/h6-9,12H,5,10,18H2,1-4H3. The molecule has 0 fully saturated rings. The van der Waals surface area contributed by atoms with Crippen molar-refractivity contribution in [2.45, 2.75) is 39.8 Å². The van der Waals surface area contributed by atoms with E-state index in [-0.39, 0.29) is 6.04 Å². The summed E-state index contributed by atoms with van der Waals surface area (Å²) in [5, 5.41) is 5.31. The highest BCUT2D eigenvalue weighted by Gasteiger charge is 2.22. The predicted molar refractivity (Wildman–Crippen MR) is 89.9 cm³/mol. The molecule has 0 aliphatic carbocycles. The zero-order chi connectivity index (χ0) is 15.6. The molecule has 5 heteroatoms. The lowest BCUT2D eigenvalue weighted by Gasteiger charge is -2.28. The smallest absolute Gasteiger partial charge is 0.150 e. The second-order valence-electron chi connectivity index (χ2n) is 5.35. The molecule has 2 N–H and O–H groups in total. The van der Waals surface area contributed by atoms with E-state index in [2.05, 4.69) is 23.8 Å². The van der Waals surface area contributed by atoms with E-state index >= 15 is 0 Å². The highest BCUT2D eigenvalue weighted by atomic mass is 35.5. The van der Waals surface area contributed by atoms with E-state index in [1.54, 1.807) is 0 Å². The molecule has 0 aliphatic rings. The van der Waals surface area contributed by atoms with Gasteiger partial charge in [-0.2, -0.15) is 5.10 Å². The van der Waals surface area contributed by atoms with Crippen molar-refractivity contribution in [1.29, 1.82) is 0 Å². The number of nitrogens with zero attached hydrogens (tertiary/aromatic N) is 3. The summed E-state index contributed by atoms with van der Waals surface area (Å²) in [5.74, 6) is 0.960. The normalized spacial score (nSPS) is 12.4. The van der Waals surface area contributed by atoms with E-state index in [9.17, 15) is 0 Å². The lowest BCUT2D eigenvalue weighted by molar-refractivity contribution is 0.579. The molecule has 1 heterocycles. The number of hydrogen-bond acceptors (Lipinski definition) is 3. The van der Waals surface area contributed by atoms with Crippen molar-refractivity contribution in [3.63, 3.8) is 0 Å². The second kappa shape index (κ2) is 6.39. The van der Waals surface area contributed by atoms with Gasteiger partial charge in [-0.1, -0.05) is 36.7 Å². The summed E-state index contributed by atoms with van der Waals surface area (Å²) in [5.41, 5.74) is 8.93. The predicted octanol–water partition coefficient (Wildman–Crippen LogP) is 4.03. The number of halogens is 1. The Kier molecular flexibility index (Phi) is 4.78. The first kappa shape index (κ1) is 15.7. The number of nitrogen functional groups attached to an aromatic ring is 1. The Morgan fingerprint density at radius 2 is 2.05 bits per heavy atom. The number of anilines is 2. The van der Waals surface area contributed by atoms with Crippen molar-refractivity contribution in [2.24, 2.45) is 0 Å². The van der Waals surface area contributed by atoms with Gasteiger partial charge in [0.2, 0.25) is 0 Å². The van der Waals surface area contributed by atoms with Gasteiger partial charge in [0.15, 0.2) is 5.82 Å². The Bertz CT molecular complexity index is 621. The third-order valence-corrected chi connectivity index (χ3v) is 4.20. The molecule has 0 spiro atoms. The van der Waals surface area contributed by atoms with Gasteiger partial charge in [-0.15, -0.1) is 0 Å². The third-order valence-electron chi connectivity index (χ3n) is 3.85. The maximum atomic E-state index is 6.32. The fourth-order valence-corrected chi connectivity index (χ4v) is 2.82. The first-order chi connectivity index (χ1) is 9.97. The molecule has 0 aliphatic heterocycles. The highest BCUT2D eigenvalue weighted by molar-refractivity contribution is 6.31. The number of nitrogens with two attached hydrogens (primary N) is 1. The van der Waals surface area contributed by atoms with Gasteiger partial charge in [-0.05, 0) is 31.9 Å². The molecule has 0 bridgehead atoms. The van der Waals surface area contributed by atoms with Crippen LogP contribution in [0.1, 0.15) is 37.6 Å². The largest absolute Gasteiger partial charge is 0.394 e. The Hall–Kier alpha value is -1.68. The summed E-state index contributed by atoms with van der Waals surface area (Å²) in [7, 11) is 2.03. The molecule has 0 radical (unpaired) electrons. The number of aromatic nitrogens is 2. The quantitative estimate of drug-likeness (QED) is 0.907. The summed E-state index contributed by atoms with van der Waals surface area (Å²) in [6.45, 7) is 7.06. The van der Waals surface area contributed by atoms with E-state index < -0.39 is 0 Å². The molecule has 114 valence electrons. The van der Waals surface area contributed by atoms with Gasteiger partial charge in [-0.25, -0.2) is 4.68 Å². The van der Waals surface area contributed by atoms with Crippen LogP contribution >= 0.6 is 11.6 Å². The van der Waals surface area contributed by atoms with E-state index in [1.165, 1.54) is 0 Å².